The maximum Gasteiger partial charge on any atom is 0.419 e. The lowest BCUT2D eigenvalue weighted by Gasteiger charge is -2.13. The van der Waals surface area contributed by atoms with E-state index in [1.807, 2.05) is 19.9 Å². The van der Waals surface area contributed by atoms with Crippen molar-refractivity contribution in [1.82, 2.24) is 4.57 Å². The van der Waals surface area contributed by atoms with Crippen LogP contribution >= 0.6 is 0 Å². The van der Waals surface area contributed by atoms with E-state index in [0.29, 0.717) is 16.7 Å². The van der Waals surface area contributed by atoms with E-state index in [9.17, 15) is 14.4 Å². The minimum absolute atomic E-state index is 0.0338. The van der Waals surface area contributed by atoms with Gasteiger partial charge in [0.2, 0.25) is 5.78 Å². The second-order valence-electron chi connectivity index (χ2n) is 6.53. The topological polar surface area (TPSA) is 78.5 Å². The van der Waals surface area contributed by atoms with E-state index < -0.39 is 17.8 Å². The summed E-state index contributed by atoms with van der Waals surface area (Å²) in [5, 5.41) is 0. The first kappa shape index (κ1) is 18.6. The van der Waals surface area contributed by atoms with Crippen molar-refractivity contribution in [3.05, 3.63) is 69.7 Å². The van der Waals surface area contributed by atoms with E-state index in [2.05, 4.69) is 0 Å². The van der Waals surface area contributed by atoms with Crippen LogP contribution in [-0.2, 0) is 16.1 Å². The zero-order valence-electron chi connectivity index (χ0n) is 15.5. The van der Waals surface area contributed by atoms with Crippen molar-refractivity contribution in [2.24, 2.45) is 0 Å². The highest BCUT2D eigenvalue weighted by atomic mass is 16.5. The first-order valence-corrected chi connectivity index (χ1v) is 8.76. The molecule has 3 aromatic rings. The van der Waals surface area contributed by atoms with E-state index in [-0.39, 0.29) is 18.7 Å². The van der Waals surface area contributed by atoms with Crippen LogP contribution in [0.25, 0.3) is 11.1 Å². The fourth-order valence-corrected chi connectivity index (χ4v) is 2.87. The Kier molecular flexibility index (Phi) is 5.26. The standard InChI is InChI=1S/C21H21NO5/c1-13-8-9-16(12-14(13)2)20(24)15(3)26-19(23)10-11-22-17-6-4-5-7-18(17)27-21(22)25/h4-9,12,15H,10-11H2,1-3H3/t15-/m0/s1. The van der Waals surface area contributed by atoms with Crippen molar-refractivity contribution in [3.63, 3.8) is 0 Å². The number of ketones is 1. The number of para-hydroxylation sites is 2. The van der Waals surface area contributed by atoms with Gasteiger partial charge in [-0.05, 0) is 50.1 Å². The van der Waals surface area contributed by atoms with Gasteiger partial charge < -0.3 is 9.15 Å². The van der Waals surface area contributed by atoms with E-state index in [1.165, 1.54) is 4.57 Å². The van der Waals surface area contributed by atoms with Crippen molar-refractivity contribution in [1.29, 1.82) is 0 Å². The molecule has 3 rings (SSSR count). The fourth-order valence-electron chi connectivity index (χ4n) is 2.87. The van der Waals surface area contributed by atoms with Crippen LogP contribution in [0.2, 0.25) is 0 Å². The van der Waals surface area contributed by atoms with Gasteiger partial charge in [0.15, 0.2) is 11.7 Å². The van der Waals surface area contributed by atoms with Gasteiger partial charge >= 0.3 is 11.7 Å². The number of hydrogen-bond donors (Lipinski definition) is 0. The molecule has 0 saturated carbocycles. The molecular weight excluding hydrogens is 346 g/mol. The summed E-state index contributed by atoms with van der Waals surface area (Å²) in [4.78, 5) is 36.5. The van der Waals surface area contributed by atoms with Gasteiger partial charge in [-0.2, -0.15) is 0 Å². The lowest BCUT2D eigenvalue weighted by atomic mass is 10.0. The Morgan fingerprint density at radius 2 is 1.85 bits per heavy atom. The van der Waals surface area contributed by atoms with Gasteiger partial charge in [-0.1, -0.05) is 24.3 Å². The Morgan fingerprint density at radius 1 is 1.11 bits per heavy atom. The average Bonchev–Trinajstić information content (AvgIpc) is 2.96. The highest BCUT2D eigenvalue weighted by Crippen LogP contribution is 2.14. The van der Waals surface area contributed by atoms with Crippen LogP contribution in [0, 0.1) is 13.8 Å². The molecule has 1 atom stereocenters. The van der Waals surface area contributed by atoms with Crippen LogP contribution in [0.15, 0.2) is 51.7 Å². The lowest BCUT2D eigenvalue weighted by Crippen LogP contribution is -2.26. The third-order valence-corrected chi connectivity index (χ3v) is 4.58. The molecule has 2 aromatic carbocycles. The summed E-state index contributed by atoms with van der Waals surface area (Å²) in [5.41, 5.74) is 3.69. The number of aryl methyl sites for hydroxylation is 3. The van der Waals surface area contributed by atoms with Crippen LogP contribution in [-0.4, -0.2) is 22.4 Å². The van der Waals surface area contributed by atoms with Crippen LogP contribution in [0.5, 0.6) is 0 Å². The number of oxazole rings is 1. The summed E-state index contributed by atoms with van der Waals surface area (Å²) >= 11 is 0. The molecule has 0 amide bonds. The number of ether oxygens (including phenoxy) is 1. The van der Waals surface area contributed by atoms with Crippen molar-refractivity contribution in [3.8, 4) is 0 Å². The van der Waals surface area contributed by atoms with E-state index >= 15 is 0 Å². The van der Waals surface area contributed by atoms with Crippen molar-refractivity contribution in [2.75, 3.05) is 0 Å². The lowest BCUT2D eigenvalue weighted by molar-refractivity contribution is -0.146. The van der Waals surface area contributed by atoms with E-state index in [0.717, 1.165) is 11.1 Å². The molecule has 6 heteroatoms. The smallest absolute Gasteiger partial charge is 0.419 e. The van der Waals surface area contributed by atoms with E-state index in [4.69, 9.17) is 9.15 Å². The molecule has 0 radical (unpaired) electrons. The van der Waals surface area contributed by atoms with Gasteiger partial charge in [-0.3, -0.25) is 14.2 Å². The monoisotopic (exact) mass is 367 g/mol. The molecular formula is C21H21NO5. The van der Waals surface area contributed by atoms with Crippen LogP contribution in [0.3, 0.4) is 0 Å². The molecule has 1 aromatic heterocycles. The molecule has 0 bridgehead atoms. The zero-order valence-corrected chi connectivity index (χ0v) is 15.5. The number of aromatic nitrogens is 1. The molecule has 0 unspecified atom stereocenters. The third-order valence-electron chi connectivity index (χ3n) is 4.58. The number of esters is 1. The predicted octanol–water partition coefficient (Wildman–Crippen LogP) is 3.42. The highest BCUT2D eigenvalue weighted by molar-refractivity contribution is 6.00. The summed E-state index contributed by atoms with van der Waals surface area (Å²) in [6, 6.07) is 12.4. The largest absolute Gasteiger partial charge is 0.454 e. The molecule has 0 aliphatic heterocycles. The molecule has 0 aliphatic carbocycles. The molecule has 0 spiro atoms. The summed E-state index contributed by atoms with van der Waals surface area (Å²) in [6.07, 6.45) is -0.925. The number of hydrogen-bond acceptors (Lipinski definition) is 5. The van der Waals surface area contributed by atoms with Crippen molar-refractivity contribution >= 4 is 22.9 Å². The maximum atomic E-state index is 12.5. The van der Waals surface area contributed by atoms with Gasteiger partial charge in [-0.25, -0.2) is 4.79 Å². The number of Topliss-reactive ketones (excluding diaryl/α,β-unsaturated/α-hetero) is 1. The van der Waals surface area contributed by atoms with Gasteiger partial charge in [-0.15, -0.1) is 0 Å². The average molecular weight is 367 g/mol. The molecule has 27 heavy (non-hydrogen) atoms. The molecule has 0 N–H and O–H groups in total. The third kappa shape index (κ3) is 4.00. The molecule has 0 aliphatic rings. The Bertz CT molecular complexity index is 1060. The maximum absolute atomic E-state index is 12.5. The van der Waals surface area contributed by atoms with Gasteiger partial charge in [0.05, 0.1) is 11.9 Å². The first-order valence-electron chi connectivity index (χ1n) is 8.76. The zero-order chi connectivity index (χ0) is 19.6. The molecule has 140 valence electrons. The SMILES string of the molecule is Cc1ccc(C(=O)[C@H](C)OC(=O)CCn2c(=O)oc3ccccc32)cc1C. The predicted molar refractivity (Wildman–Crippen MR) is 101 cm³/mol. The normalized spacial score (nSPS) is 12.1. The Labute approximate surface area is 156 Å². The number of rotatable bonds is 6. The van der Waals surface area contributed by atoms with Gasteiger partial charge in [0.25, 0.3) is 0 Å². The number of carbonyl (C=O) groups excluding carboxylic acids is 2. The number of benzene rings is 2. The molecule has 0 saturated heterocycles. The summed E-state index contributed by atoms with van der Waals surface area (Å²) in [7, 11) is 0. The number of carbonyl (C=O) groups is 2. The van der Waals surface area contributed by atoms with Gasteiger partial charge in [0, 0.05) is 12.1 Å². The quantitative estimate of drug-likeness (QED) is 0.493. The summed E-state index contributed by atoms with van der Waals surface area (Å²) in [6.45, 7) is 5.57. The van der Waals surface area contributed by atoms with Crippen molar-refractivity contribution < 1.29 is 18.7 Å². The van der Waals surface area contributed by atoms with Crippen LogP contribution in [0.1, 0.15) is 34.8 Å². The van der Waals surface area contributed by atoms with Crippen molar-refractivity contribution in [2.45, 2.75) is 39.8 Å². The summed E-state index contributed by atoms with van der Waals surface area (Å²) < 4.78 is 11.8. The Hall–Kier alpha value is -3.15. The number of fused-ring (bicyclic) bond motifs is 1. The number of nitrogens with zero attached hydrogens (tertiary/aromatic N) is 1. The molecule has 0 fully saturated rings. The molecule has 1 heterocycles. The van der Waals surface area contributed by atoms with Gasteiger partial charge in [0.1, 0.15) is 0 Å². The second kappa shape index (κ2) is 7.61. The highest BCUT2D eigenvalue weighted by Gasteiger charge is 2.20. The minimum Gasteiger partial charge on any atom is -0.454 e. The Balaban J connectivity index is 1.63. The summed E-state index contributed by atoms with van der Waals surface area (Å²) in [5.74, 6) is -1.32. The fraction of sp³-hybridized carbons (Fsp3) is 0.286. The molecule has 6 nitrogen and oxygen atoms in total. The van der Waals surface area contributed by atoms with E-state index in [1.54, 1.807) is 43.3 Å². The van der Waals surface area contributed by atoms with Crippen LogP contribution in [0.4, 0.5) is 0 Å². The Morgan fingerprint density at radius 3 is 2.59 bits per heavy atom. The van der Waals surface area contributed by atoms with Crippen LogP contribution < -0.4 is 5.76 Å². The first-order chi connectivity index (χ1) is 12.9. The minimum atomic E-state index is -0.891. The second-order valence-corrected chi connectivity index (χ2v) is 6.53.